The summed E-state index contributed by atoms with van der Waals surface area (Å²) in [4.78, 5) is 26.4. The maximum atomic E-state index is 13.4. The summed E-state index contributed by atoms with van der Waals surface area (Å²) in [5.74, 6) is 0.416. The molecule has 1 aromatic heterocycles. The highest BCUT2D eigenvalue weighted by Gasteiger charge is 2.44. The van der Waals surface area contributed by atoms with E-state index in [-0.39, 0.29) is 17.6 Å². The number of rotatable bonds is 5. The van der Waals surface area contributed by atoms with Crippen LogP contribution in [0.15, 0.2) is 24.3 Å². The Morgan fingerprint density at radius 2 is 1.97 bits per heavy atom. The van der Waals surface area contributed by atoms with Crippen LogP contribution in [0.3, 0.4) is 0 Å². The first kappa shape index (κ1) is 20.8. The number of carbonyl (C=O) groups excluding carboxylic acids is 2. The van der Waals surface area contributed by atoms with Gasteiger partial charge in [-0.1, -0.05) is 43.9 Å². The molecule has 1 fully saturated rings. The second-order valence-electron chi connectivity index (χ2n) is 9.06. The summed E-state index contributed by atoms with van der Waals surface area (Å²) in [7, 11) is 0. The molecule has 1 saturated carbocycles. The lowest BCUT2D eigenvalue weighted by molar-refractivity contribution is -0.122. The number of fused-ring (bicyclic) bond motifs is 1. The van der Waals surface area contributed by atoms with Gasteiger partial charge in [-0.25, -0.2) is 0 Å². The van der Waals surface area contributed by atoms with Crippen molar-refractivity contribution in [1.82, 2.24) is 15.1 Å². The van der Waals surface area contributed by atoms with Gasteiger partial charge in [0.05, 0.1) is 18.2 Å². The van der Waals surface area contributed by atoms with Crippen molar-refractivity contribution in [2.24, 2.45) is 5.92 Å². The Bertz CT molecular complexity index is 940. The van der Waals surface area contributed by atoms with Gasteiger partial charge in [-0.2, -0.15) is 5.10 Å². The predicted molar refractivity (Wildman–Crippen MR) is 118 cm³/mol. The molecule has 0 bridgehead atoms. The van der Waals surface area contributed by atoms with Crippen molar-refractivity contribution in [3.05, 3.63) is 52.3 Å². The van der Waals surface area contributed by atoms with Gasteiger partial charge in [0.1, 0.15) is 0 Å². The van der Waals surface area contributed by atoms with Crippen molar-refractivity contribution in [2.75, 3.05) is 0 Å². The number of nitrogens with zero attached hydrogens (tertiary/aromatic N) is 2. The maximum absolute atomic E-state index is 13.4. The normalized spacial score (nSPS) is 22.0. The molecule has 30 heavy (non-hydrogen) atoms. The fourth-order valence-electron chi connectivity index (χ4n) is 5.48. The van der Waals surface area contributed by atoms with Crippen molar-refractivity contribution in [3.63, 3.8) is 0 Å². The molecule has 5 heteroatoms. The van der Waals surface area contributed by atoms with E-state index in [9.17, 15) is 9.59 Å². The minimum Gasteiger partial charge on any atom is -0.342 e. The van der Waals surface area contributed by atoms with E-state index in [1.54, 1.807) is 0 Å². The highest BCUT2D eigenvalue weighted by Crippen LogP contribution is 2.43. The fraction of sp³-hybridized carbons (Fsp3) is 0.560. The number of amides is 1. The average Bonchev–Trinajstić information content (AvgIpc) is 3.04. The van der Waals surface area contributed by atoms with Gasteiger partial charge in [-0.15, -0.1) is 0 Å². The van der Waals surface area contributed by atoms with Crippen LogP contribution in [0.1, 0.15) is 84.2 Å². The van der Waals surface area contributed by atoms with Gasteiger partial charge in [0.2, 0.25) is 0 Å². The van der Waals surface area contributed by atoms with Crippen molar-refractivity contribution in [3.8, 4) is 0 Å². The SMILES string of the molecule is CCCn1nc(C)c2c1CC(=O)[C@@H](NC(=O)c1cccc(C)c1)[C@H]2C1CCCCC1. The van der Waals surface area contributed by atoms with Gasteiger partial charge in [-0.3, -0.25) is 14.3 Å². The molecule has 1 N–H and O–H groups in total. The standard InChI is InChI=1S/C25H33N3O2/c1-4-13-28-20-15-21(29)24(26-25(30)19-12-8-9-16(2)14-19)23(22(20)17(3)27-28)18-10-6-5-7-11-18/h8-9,12,14,18,23-24H,4-7,10-11,13,15H2,1-3H3,(H,26,30)/t23-,24+/m0/s1. The molecule has 2 aromatic rings. The third-order valence-corrected chi connectivity index (χ3v) is 6.82. The van der Waals surface area contributed by atoms with Crippen LogP contribution >= 0.6 is 0 Å². The van der Waals surface area contributed by atoms with Crippen LogP contribution in [0.2, 0.25) is 0 Å². The molecule has 2 aliphatic rings. The van der Waals surface area contributed by atoms with E-state index in [1.165, 1.54) is 24.8 Å². The van der Waals surface area contributed by atoms with Crippen LogP contribution in [-0.4, -0.2) is 27.5 Å². The summed E-state index contributed by atoms with van der Waals surface area (Å²) in [5, 5.41) is 7.94. The maximum Gasteiger partial charge on any atom is 0.251 e. The Balaban J connectivity index is 1.71. The molecule has 2 aliphatic carbocycles. The van der Waals surface area contributed by atoms with E-state index in [4.69, 9.17) is 5.10 Å². The zero-order valence-electron chi connectivity index (χ0n) is 18.4. The Morgan fingerprint density at radius 1 is 1.20 bits per heavy atom. The first-order chi connectivity index (χ1) is 14.5. The molecule has 0 spiro atoms. The summed E-state index contributed by atoms with van der Waals surface area (Å²) in [6.45, 7) is 7.01. The van der Waals surface area contributed by atoms with Crippen molar-refractivity contribution < 1.29 is 9.59 Å². The first-order valence-electron chi connectivity index (χ1n) is 11.5. The fourth-order valence-corrected chi connectivity index (χ4v) is 5.48. The molecule has 4 rings (SSSR count). The number of hydrogen-bond donors (Lipinski definition) is 1. The number of aryl methyl sites for hydroxylation is 3. The summed E-state index contributed by atoms with van der Waals surface area (Å²) >= 11 is 0. The summed E-state index contributed by atoms with van der Waals surface area (Å²) in [6, 6.07) is 7.11. The van der Waals surface area contributed by atoms with Gasteiger partial charge in [0.25, 0.3) is 5.91 Å². The van der Waals surface area contributed by atoms with Gasteiger partial charge >= 0.3 is 0 Å². The van der Waals surface area contributed by atoms with Crippen LogP contribution in [-0.2, 0) is 17.8 Å². The topological polar surface area (TPSA) is 64.0 Å². The molecule has 1 heterocycles. The Kier molecular flexibility index (Phi) is 6.07. The third-order valence-electron chi connectivity index (χ3n) is 6.82. The van der Waals surface area contributed by atoms with Gasteiger partial charge in [0.15, 0.2) is 5.78 Å². The van der Waals surface area contributed by atoms with Gasteiger partial charge in [-0.05, 0) is 51.2 Å². The molecule has 2 atom stereocenters. The number of nitrogens with one attached hydrogen (secondary N) is 1. The van der Waals surface area contributed by atoms with Gasteiger partial charge < -0.3 is 5.32 Å². The lowest BCUT2D eigenvalue weighted by atomic mass is 9.68. The van der Waals surface area contributed by atoms with Crippen LogP contribution in [0.5, 0.6) is 0 Å². The van der Waals surface area contributed by atoms with Crippen LogP contribution in [0.25, 0.3) is 0 Å². The lowest BCUT2D eigenvalue weighted by Gasteiger charge is -2.39. The quantitative estimate of drug-likeness (QED) is 0.794. The second-order valence-corrected chi connectivity index (χ2v) is 9.06. The van der Waals surface area contributed by atoms with Gasteiger partial charge in [0, 0.05) is 29.3 Å². The summed E-state index contributed by atoms with van der Waals surface area (Å²) in [6.07, 6.45) is 7.25. The Morgan fingerprint density at radius 3 is 2.67 bits per heavy atom. The van der Waals surface area contributed by atoms with Crippen LogP contribution in [0.4, 0.5) is 0 Å². The Hall–Kier alpha value is -2.43. The van der Waals surface area contributed by atoms with E-state index >= 15 is 0 Å². The molecule has 1 aromatic carbocycles. The number of aromatic nitrogens is 2. The molecular formula is C25H33N3O2. The summed E-state index contributed by atoms with van der Waals surface area (Å²) in [5.41, 5.74) is 4.99. The van der Waals surface area contributed by atoms with Crippen LogP contribution in [0, 0.1) is 19.8 Å². The van der Waals surface area contributed by atoms with E-state index in [0.29, 0.717) is 17.9 Å². The number of benzene rings is 1. The van der Waals surface area contributed by atoms with Crippen molar-refractivity contribution >= 4 is 11.7 Å². The summed E-state index contributed by atoms with van der Waals surface area (Å²) < 4.78 is 2.04. The smallest absolute Gasteiger partial charge is 0.251 e. The molecular weight excluding hydrogens is 374 g/mol. The molecule has 0 aliphatic heterocycles. The highest BCUT2D eigenvalue weighted by atomic mass is 16.2. The van der Waals surface area contributed by atoms with Crippen LogP contribution < -0.4 is 5.32 Å². The molecule has 1 amide bonds. The predicted octanol–water partition coefficient (Wildman–Crippen LogP) is 4.50. The second kappa shape index (κ2) is 8.75. The number of ketones is 1. The number of carbonyl (C=O) groups is 2. The zero-order valence-corrected chi connectivity index (χ0v) is 18.4. The highest BCUT2D eigenvalue weighted by molar-refractivity contribution is 5.99. The minimum absolute atomic E-state index is 0.0286. The largest absolute Gasteiger partial charge is 0.342 e. The number of hydrogen-bond acceptors (Lipinski definition) is 3. The molecule has 0 radical (unpaired) electrons. The molecule has 0 unspecified atom stereocenters. The lowest BCUT2D eigenvalue weighted by Crippen LogP contribution is -2.50. The van der Waals surface area contributed by atoms with E-state index < -0.39 is 6.04 Å². The van der Waals surface area contributed by atoms with E-state index in [2.05, 4.69) is 19.2 Å². The minimum atomic E-state index is -0.466. The van der Waals surface area contributed by atoms with E-state index in [0.717, 1.165) is 42.8 Å². The molecule has 160 valence electrons. The van der Waals surface area contributed by atoms with Crippen molar-refractivity contribution in [2.45, 2.75) is 84.2 Å². The third kappa shape index (κ3) is 3.94. The zero-order chi connectivity index (χ0) is 21.3. The Labute approximate surface area is 179 Å². The van der Waals surface area contributed by atoms with E-state index in [1.807, 2.05) is 35.9 Å². The van der Waals surface area contributed by atoms with Crippen molar-refractivity contribution in [1.29, 1.82) is 0 Å². The first-order valence-corrected chi connectivity index (χ1v) is 11.5. The monoisotopic (exact) mass is 407 g/mol. The number of Topliss-reactive ketones (excluding diaryl/α,β-unsaturated/α-hetero) is 1. The average molecular weight is 408 g/mol. The molecule has 0 saturated heterocycles. The molecule has 5 nitrogen and oxygen atoms in total.